The third kappa shape index (κ3) is 2.24. The van der Waals surface area contributed by atoms with Crippen LogP contribution in [0.5, 0.6) is 0 Å². The molecule has 0 aromatic carbocycles. The van der Waals surface area contributed by atoms with Gasteiger partial charge in [-0.1, -0.05) is 0 Å². The summed E-state index contributed by atoms with van der Waals surface area (Å²) in [7, 11) is 0. The fourth-order valence-corrected chi connectivity index (χ4v) is 1.57. The van der Waals surface area contributed by atoms with E-state index in [-0.39, 0.29) is 17.4 Å². The summed E-state index contributed by atoms with van der Waals surface area (Å²) < 4.78 is 1.78. The molecule has 2 rings (SSSR count). The van der Waals surface area contributed by atoms with Crippen LogP contribution in [0.2, 0.25) is 0 Å². The maximum Gasteiger partial charge on any atom is 0.353 e. The molecule has 18 heavy (non-hydrogen) atoms. The number of nitrogens with one attached hydrogen (secondary N) is 2. The number of aryl methyl sites for hydroxylation is 1. The Morgan fingerprint density at radius 3 is 2.94 bits per heavy atom. The molecular weight excluding hydrogens is 236 g/mol. The zero-order valence-electron chi connectivity index (χ0n) is 9.67. The fourth-order valence-electron chi connectivity index (χ4n) is 1.57. The van der Waals surface area contributed by atoms with Crippen molar-refractivity contribution in [2.75, 3.05) is 5.32 Å². The molecule has 0 spiro atoms. The summed E-state index contributed by atoms with van der Waals surface area (Å²) in [6.07, 6.45) is 1.79. The smallest absolute Gasteiger partial charge is 0.353 e. The van der Waals surface area contributed by atoms with Crippen LogP contribution in [0.3, 0.4) is 0 Å². The molecule has 2 aromatic rings. The number of aromatic nitrogens is 3. The van der Waals surface area contributed by atoms with Crippen LogP contribution in [-0.2, 0) is 6.54 Å². The first-order valence-electron chi connectivity index (χ1n) is 5.37. The SMILES string of the molecule is CCn1cccc1C(=O)Nc1cc(C(=O)O)[nH]n1. The Kier molecular flexibility index (Phi) is 3.13. The van der Waals surface area contributed by atoms with Gasteiger partial charge in [0.15, 0.2) is 5.82 Å². The summed E-state index contributed by atoms with van der Waals surface area (Å²) in [5.74, 6) is -1.27. The van der Waals surface area contributed by atoms with E-state index in [0.717, 1.165) is 0 Å². The van der Waals surface area contributed by atoms with Gasteiger partial charge < -0.3 is 15.0 Å². The molecule has 0 radical (unpaired) electrons. The zero-order chi connectivity index (χ0) is 13.1. The Labute approximate surface area is 102 Å². The number of H-pyrrole nitrogens is 1. The van der Waals surface area contributed by atoms with Gasteiger partial charge in [0.1, 0.15) is 11.4 Å². The van der Waals surface area contributed by atoms with Gasteiger partial charge in [-0.25, -0.2) is 4.79 Å². The molecule has 1 amide bonds. The summed E-state index contributed by atoms with van der Waals surface area (Å²) in [5.41, 5.74) is 0.425. The van der Waals surface area contributed by atoms with E-state index in [9.17, 15) is 9.59 Å². The third-order valence-corrected chi connectivity index (χ3v) is 2.45. The van der Waals surface area contributed by atoms with E-state index in [1.165, 1.54) is 6.07 Å². The predicted octanol–water partition coefficient (Wildman–Crippen LogP) is 1.18. The number of hydrogen-bond donors (Lipinski definition) is 3. The summed E-state index contributed by atoms with van der Waals surface area (Å²) in [6.45, 7) is 2.60. The number of aromatic carboxylic acids is 1. The van der Waals surface area contributed by atoms with E-state index in [2.05, 4.69) is 15.5 Å². The molecule has 3 N–H and O–H groups in total. The van der Waals surface area contributed by atoms with E-state index in [1.54, 1.807) is 22.9 Å². The van der Waals surface area contributed by atoms with Crippen molar-refractivity contribution < 1.29 is 14.7 Å². The minimum absolute atomic E-state index is 0.0730. The highest BCUT2D eigenvalue weighted by Gasteiger charge is 2.13. The Morgan fingerprint density at radius 2 is 2.33 bits per heavy atom. The summed E-state index contributed by atoms with van der Waals surface area (Å²) in [6, 6.07) is 4.72. The number of rotatable bonds is 4. The average molecular weight is 248 g/mol. The average Bonchev–Trinajstić information content (AvgIpc) is 2.96. The number of anilines is 1. The normalized spacial score (nSPS) is 10.3. The molecule has 0 bridgehead atoms. The molecule has 0 aliphatic rings. The van der Waals surface area contributed by atoms with Crippen LogP contribution in [0, 0.1) is 0 Å². The minimum atomic E-state index is -1.13. The second-order valence-corrected chi connectivity index (χ2v) is 3.61. The van der Waals surface area contributed by atoms with Crippen LogP contribution in [-0.4, -0.2) is 31.7 Å². The van der Waals surface area contributed by atoms with E-state index in [4.69, 9.17) is 5.11 Å². The number of carboxylic acids is 1. The quantitative estimate of drug-likeness (QED) is 0.756. The second-order valence-electron chi connectivity index (χ2n) is 3.61. The van der Waals surface area contributed by atoms with Gasteiger partial charge in [0.2, 0.25) is 0 Å². The Morgan fingerprint density at radius 1 is 1.56 bits per heavy atom. The van der Waals surface area contributed by atoms with Gasteiger partial charge in [-0.2, -0.15) is 5.10 Å². The molecule has 94 valence electrons. The Hall–Kier alpha value is -2.57. The van der Waals surface area contributed by atoms with Crippen LogP contribution >= 0.6 is 0 Å². The van der Waals surface area contributed by atoms with Gasteiger partial charge in [0.05, 0.1) is 0 Å². The van der Waals surface area contributed by atoms with E-state index >= 15 is 0 Å². The lowest BCUT2D eigenvalue weighted by molar-refractivity contribution is 0.0690. The first-order valence-corrected chi connectivity index (χ1v) is 5.37. The Balaban J connectivity index is 2.13. The number of carbonyl (C=O) groups is 2. The summed E-state index contributed by atoms with van der Waals surface area (Å²) in [4.78, 5) is 22.5. The number of carbonyl (C=O) groups excluding carboxylic acids is 1. The van der Waals surface area contributed by atoms with Crippen molar-refractivity contribution >= 4 is 17.7 Å². The molecule has 7 nitrogen and oxygen atoms in total. The highest BCUT2D eigenvalue weighted by molar-refractivity contribution is 6.03. The highest BCUT2D eigenvalue weighted by atomic mass is 16.4. The highest BCUT2D eigenvalue weighted by Crippen LogP contribution is 2.09. The van der Waals surface area contributed by atoms with Crippen molar-refractivity contribution in [1.29, 1.82) is 0 Å². The van der Waals surface area contributed by atoms with E-state index < -0.39 is 5.97 Å². The van der Waals surface area contributed by atoms with Gasteiger partial charge in [0.25, 0.3) is 5.91 Å². The largest absolute Gasteiger partial charge is 0.477 e. The van der Waals surface area contributed by atoms with Crippen LogP contribution < -0.4 is 5.32 Å². The number of carboxylic acid groups (broad SMARTS) is 1. The Bertz CT molecular complexity index is 585. The molecule has 0 saturated carbocycles. The number of amides is 1. The van der Waals surface area contributed by atoms with Gasteiger partial charge in [0, 0.05) is 18.8 Å². The molecule has 0 unspecified atom stereocenters. The van der Waals surface area contributed by atoms with E-state index in [1.807, 2.05) is 6.92 Å². The second kappa shape index (κ2) is 4.74. The lowest BCUT2D eigenvalue weighted by Gasteiger charge is -2.05. The van der Waals surface area contributed by atoms with Gasteiger partial charge in [-0.3, -0.25) is 9.89 Å². The molecule has 0 aliphatic carbocycles. The monoisotopic (exact) mass is 248 g/mol. The number of hydrogen-bond acceptors (Lipinski definition) is 3. The van der Waals surface area contributed by atoms with Crippen molar-refractivity contribution in [2.45, 2.75) is 13.5 Å². The van der Waals surface area contributed by atoms with Crippen molar-refractivity contribution in [3.8, 4) is 0 Å². The zero-order valence-corrected chi connectivity index (χ0v) is 9.67. The number of nitrogens with zero attached hydrogens (tertiary/aromatic N) is 2. The molecule has 2 aromatic heterocycles. The molecular formula is C11H12N4O3. The maximum absolute atomic E-state index is 11.9. The topological polar surface area (TPSA) is 100 Å². The van der Waals surface area contributed by atoms with Crippen molar-refractivity contribution in [1.82, 2.24) is 14.8 Å². The predicted molar refractivity (Wildman–Crippen MR) is 63.6 cm³/mol. The fraction of sp³-hybridized carbons (Fsp3) is 0.182. The first-order chi connectivity index (χ1) is 8.61. The maximum atomic E-state index is 11.9. The van der Waals surface area contributed by atoms with Crippen LogP contribution in [0.25, 0.3) is 0 Å². The molecule has 0 saturated heterocycles. The van der Waals surface area contributed by atoms with Gasteiger partial charge in [-0.05, 0) is 19.1 Å². The summed E-state index contributed by atoms with van der Waals surface area (Å²) >= 11 is 0. The van der Waals surface area contributed by atoms with Gasteiger partial charge >= 0.3 is 5.97 Å². The molecule has 0 fully saturated rings. The van der Waals surface area contributed by atoms with Gasteiger partial charge in [-0.15, -0.1) is 0 Å². The minimum Gasteiger partial charge on any atom is -0.477 e. The molecule has 2 heterocycles. The van der Waals surface area contributed by atoms with E-state index in [0.29, 0.717) is 12.2 Å². The first kappa shape index (κ1) is 11.9. The summed E-state index contributed by atoms with van der Waals surface area (Å²) in [5, 5.41) is 17.2. The third-order valence-electron chi connectivity index (χ3n) is 2.45. The van der Waals surface area contributed by atoms with Crippen LogP contribution in [0.4, 0.5) is 5.82 Å². The molecule has 7 heteroatoms. The van der Waals surface area contributed by atoms with Crippen LogP contribution in [0.15, 0.2) is 24.4 Å². The molecule has 0 aliphatic heterocycles. The van der Waals surface area contributed by atoms with Crippen LogP contribution in [0.1, 0.15) is 27.9 Å². The lowest BCUT2D eigenvalue weighted by Crippen LogP contribution is -2.16. The standard InChI is InChI=1S/C11H12N4O3/c1-2-15-5-3-4-8(15)10(16)12-9-6-7(11(17)18)13-14-9/h3-6H,2H2,1H3,(H,17,18)(H2,12,13,14,16). The van der Waals surface area contributed by atoms with Crippen molar-refractivity contribution in [3.05, 3.63) is 35.8 Å². The molecule has 0 atom stereocenters. The number of aromatic amines is 1. The van der Waals surface area contributed by atoms with Crippen molar-refractivity contribution in [3.63, 3.8) is 0 Å². The van der Waals surface area contributed by atoms with Crippen molar-refractivity contribution in [2.24, 2.45) is 0 Å². The lowest BCUT2D eigenvalue weighted by atomic mass is 10.4.